The Bertz CT molecular complexity index is 84.5. The molecule has 2 atom stereocenters. The summed E-state index contributed by atoms with van der Waals surface area (Å²) in [6.07, 6.45) is 0. The molecule has 1 saturated heterocycles. The lowest BCUT2D eigenvalue weighted by Crippen LogP contribution is -2.28. The molecule has 0 spiro atoms. The summed E-state index contributed by atoms with van der Waals surface area (Å²) in [6.45, 7) is 4.26. The molecule has 1 heterocycles. The number of rotatable bonds is 2. The van der Waals surface area contributed by atoms with E-state index in [9.17, 15) is 0 Å². The van der Waals surface area contributed by atoms with E-state index >= 15 is 0 Å². The maximum absolute atomic E-state index is 5.52. The number of nitrogens with two attached hydrogens (primary N) is 1. The third-order valence-corrected chi connectivity index (χ3v) is 2.02. The van der Waals surface area contributed by atoms with Crippen LogP contribution in [0, 0.1) is 0 Å². The van der Waals surface area contributed by atoms with E-state index in [2.05, 4.69) is 19.2 Å². The fraction of sp³-hybridized carbons (Fsp3) is 1.00. The van der Waals surface area contributed by atoms with Gasteiger partial charge in [-0.3, -0.25) is 0 Å². The standard InChI is InChI=1S/C5H12N2S/c1-3(2)7-5-4(6)8-5/h3-5,7H,6H2,1-2H3. The summed E-state index contributed by atoms with van der Waals surface area (Å²) in [5.41, 5.74) is 5.52. The summed E-state index contributed by atoms with van der Waals surface area (Å²) in [7, 11) is 0. The van der Waals surface area contributed by atoms with Gasteiger partial charge in [-0.15, -0.1) is 11.8 Å². The Morgan fingerprint density at radius 3 is 2.25 bits per heavy atom. The van der Waals surface area contributed by atoms with Gasteiger partial charge in [0.1, 0.15) is 0 Å². The molecule has 0 aromatic carbocycles. The zero-order valence-corrected chi connectivity index (χ0v) is 6.03. The average Bonchev–Trinajstić information content (AvgIpc) is 2.17. The van der Waals surface area contributed by atoms with Crippen LogP contribution < -0.4 is 11.1 Å². The van der Waals surface area contributed by atoms with Crippen molar-refractivity contribution >= 4 is 11.8 Å². The molecule has 0 aromatic heterocycles. The first-order valence-electron chi connectivity index (χ1n) is 2.87. The third-order valence-electron chi connectivity index (χ3n) is 1.02. The van der Waals surface area contributed by atoms with Crippen LogP contribution in [0.25, 0.3) is 0 Å². The van der Waals surface area contributed by atoms with Crippen LogP contribution in [0.2, 0.25) is 0 Å². The molecular formula is C5H12N2S. The molecule has 1 fully saturated rings. The number of nitrogens with one attached hydrogen (secondary N) is 1. The van der Waals surface area contributed by atoms with Gasteiger partial charge < -0.3 is 11.1 Å². The quantitative estimate of drug-likeness (QED) is 0.532. The van der Waals surface area contributed by atoms with E-state index in [4.69, 9.17) is 5.73 Å². The SMILES string of the molecule is CC(C)NC1SC1N. The third kappa shape index (κ3) is 1.65. The van der Waals surface area contributed by atoms with Crippen LogP contribution in [0.15, 0.2) is 0 Å². The lowest BCUT2D eigenvalue weighted by atomic mass is 10.4. The van der Waals surface area contributed by atoms with Crippen LogP contribution in [-0.2, 0) is 0 Å². The monoisotopic (exact) mass is 132 g/mol. The molecule has 8 heavy (non-hydrogen) atoms. The molecule has 1 aliphatic rings. The summed E-state index contributed by atoms with van der Waals surface area (Å²) >= 11 is 1.79. The van der Waals surface area contributed by atoms with Gasteiger partial charge in [0.05, 0.1) is 10.7 Å². The van der Waals surface area contributed by atoms with Crippen LogP contribution in [0.3, 0.4) is 0 Å². The van der Waals surface area contributed by atoms with Gasteiger partial charge in [0, 0.05) is 6.04 Å². The molecule has 2 nitrogen and oxygen atoms in total. The highest BCUT2D eigenvalue weighted by Gasteiger charge is 2.34. The first-order valence-corrected chi connectivity index (χ1v) is 3.81. The maximum atomic E-state index is 5.52. The fourth-order valence-corrected chi connectivity index (χ4v) is 1.26. The Morgan fingerprint density at radius 1 is 1.62 bits per heavy atom. The highest BCUT2D eigenvalue weighted by Crippen LogP contribution is 2.34. The molecule has 0 bridgehead atoms. The highest BCUT2D eigenvalue weighted by atomic mass is 32.2. The van der Waals surface area contributed by atoms with Crippen LogP contribution in [0.1, 0.15) is 13.8 Å². The van der Waals surface area contributed by atoms with Gasteiger partial charge in [-0.2, -0.15) is 0 Å². The zero-order chi connectivity index (χ0) is 6.15. The summed E-state index contributed by atoms with van der Waals surface area (Å²) in [5.74, 6) is 0. The van der Waals surface area contributed by atoms with Crippen LogP contribution in [0.5, 0.6) is 0 Å². The van der Waals surface area contributed by atoms with E-state index in [-0.39, 0.29) is 0 Å². The smallest absolute Gasteiger partial charge is 0.0799 e. The van der Waals surface area contributed by atoms with Gasteiger partial charge >= 0.3 is 0 Å². The molecule has 3 heteroatoms. The topological polar surface area (TPSA) is 38.0 Å². The van der Waals surface area contributed by atoms with Gasteiger partial charge in [0.15, 0.2) is 0 Å². The van der Waals surface area contributed by atoms with E-state index in [0.717, 1.165) is 0 Å². The van der Waals surface area contributed by atoms with Gasteiger partial charge in [-0.1, -0.05) is 0 Å². The molecule has 48 valence electrons. The molecule has 1 rings (SSSR count). The summed E-state index contributed by atoms with van der Waals surface area (Å²) < 4.78 is 0. The molecule has 0 aromatic rings. The van der Waals surface area contributed by atoms with E-state index in [1.165, 1.54) is 0 Å². The number of thioether (sulfide) groups is 1. The molecule has 0 aliphatic carbocycles. The van der Waals surface area contributed by atoms with Crippen molar-refractivity contribution in [1.82, 2.24) is 5.32 Å². The molecule has 0 amide bonds. The van der Waals surface area contributed by atoms with E-state index in [1.807, 2.05) is 0 Å². The summed E-state index contributed by atoms with van der Waals surface area (Å²) in [4.78, 5) is 0. The van der Waals surface area contributed by atoms with Crippen molar-refractivity contribution in [1.29, 1.82) is 0 Å². The number of hydrogen-bond donors (Lipinski definition) is 2. The minimum absolute atomic E-state index is 0.359. The summed E-state index contributed by atoms with van der Waals surface area (Å²) in [5, 5.41) is 4.20. The Balaban J connectivity index is 2.05. The van der Waals surface area contributed by atoms with Crippen molar-refractivity contribution in [2.24, 2.45) is 5.73 Å². The van der Waals surface area contributed by atoms with Gasteiger partial charge in [0.25, 0.3) is 0 Å². The Kier molecular flexibility index (Phi) is 1.80. The van der Waals surface area contributed by atoms with Gasteiger partial charge in [-0.05, 0) is 13.8 Å². The predicted octanol–water partition coefficient (Wildman–Crippen LogP) is 0.342. The number of hydrogen-bond acceptors (Lipinski definition) is 3. The second-order valence-corrected chi connectivity index (χ2v) is 3.67. The van der Waals surface area contributed by atoms with Crippen molar-refractivity contribution in [3.63, 3.8) is 0 Å². The van der Waals surface area contributed by atoms with E-state index in [1.54, 1.807) is 11.8 Å². The van der Waals surface area contributed by atoms with Crippen molar-refractivity contribution in [2.45, 2.75) is 30.6 Å². The van der Waals surface area contributed by atoms with Crippen LogP contribution >= 0.6 is 11.8 Å². The Hall–Kier alpha value is 0.270. The van der Waals surface area contributed by atoms with Crippen LogP contribution in [0.4, 0.5) is 0 Å². The molecule has 3 N–H and O–H groups in total. The Labute approximate surface area is 54.2 Å². The molecule has 1 aliphatic heterocycles. The molecule has 0 saturated carbocycles. The fourth-order valence-electron chi connectivity index (χ4n) is 0.587. The van der Waals surface area contributed by atoms with Crippen molar-refractivity contribution in [3.05, 3.63) is 0 Å². The van der Waals surface area contributed by atoms with Gasteiger partial charge in [-0.25, -0.2) is 0 Å². The molecular weight excluding hydrogens is 120 g/mol. The van der Waals surface area contributed by atoms with E-state index < -0.39 is 0 Å². The van der Waals surface area contributed by atoms with Crippen molar-refractivity contribution in [3.8, 4) is 0 Å². The van der Waals surface area contributed by atoms with Crippen LogP contribution in [-0.4, -0.2) is 16.8 Å². The van der Waals surface area contributed by atoms with Crippen molar-refractivity contribution < 1.29 is 0 Å². The average molecular weight is 132 g/mol. The largest absolute Gasteiger partial charge is 0.317 e. The Morgan fingerprint density at radius 2 is 2.12 bits per heavy atom. The summed E-state index contributed by atoms with van der Waals surface area (Å²) in [6, 6.07) is 0.570. The minimum Gasteiger partial charge on any atom is -0.317 e. The first kappa shape index (κ1) is 6.39. The zero-order valence-electron chi connectivity index (χ0n) is 5.22. The second-order valence-electron chi connectivity index (χ2n) is 2.34. The van der Waals surface area contributed by atoms with E-state index in [0.29, 0.717) is 16.8 Å². The normalized spacial score (nSPS) is 36.0. The molecule has 0 radical (unpaired) electrons. The molecule has 2 unspecified atom stereocenters. The van der Waals surface area contributed by atoms with Crippen molar-refractivity contribution in [2.75, 3.05) is 0 Å². The lowest BCUT2D eigenvalue weighted by molar-refractivity contribution is 0.588. The highest BCUT2D eigenvalue weighted by molar-refractivity contribution is 8.07. The minimum atomic E-state index is 0.359. The lowest BCUT2D eigenvalue weighted by Gasteiger charge is -2.02. The second kappa shape index (κ2) is 2.25. The maximum Gasteiger partial charge on any atom is 0.0799 e. The first-order chi connectivity index (χ1) is 3.70. The predicted molar refractivity (Wildman–Crippen MR) is 37.6 cm³/mol. The van der Waals surface area contributed by atoms with Gasteiger partial charge in [0.2, 0.25) is 0 Å².